The molecule has 0 radical (unpaired) electrons. The molecule has 2 heteroatoms. The highest BCUT2D eigenvalue weighted by atomic mass is 14.9. The Bertz CT molecular complexity index is 2650. The topological polar surface area (TPSA) is 25.8 Å². The summed E-state index contributed by atoms with van der Waals surface area (Å²) in [6.07, 6.45) is 10.2. The van der Waals surface area contributed by atoms with Crippen molar-refractivity contribution >= 4 is 5.57 Å². The second kappa shape index (κ2) is 34.1. The van der Waals surface area contributed by atoms with Crippen LogP contribution in [0.1, 0.15) is 167 Å². The summed E-state index contributed by atoms with van der Waals surface area (Å²) in [5.41, 5.74) is 18.0. The van der Waals surface area contributed by atoms with E-state index in [9.17, 15) is 0 Å². The van der Waals surface area contributed by atoms with Crippen molar-refractivity contribution in [2.45, 2.75) is 157 Å². The maximum atomic E-state index is 5.08. The van der Waals surface area contributed by atoms with Crippen molar-refractivity contribution in [2.24, 2.45) is 11.3 Å². The monoisotopic (exact) mass is 977 g/mol. The number of hydrogen-bond acceptors (Lipinski definition) is 2. The van der Waals surface area contributed by atoms with Crippen molar-refractivity contribution in [3.63, 3.8) is 0 Å². The molecule has 0 N–H and O–H groups in total. The Morgan fingerprint density at radius 2 is 0.932 bits per heavy atom. The second-order valence-corrected chi connectivity index (χ2v) is 17.8. The Hall–Kier alpha value is -6.38. The van der Waals surface area contributed by atoms with Gasteiger partial charge in [-0.15, -0.1) is 0 Å². The minimum Gasteiger partial charge on any atom is -0.228 e. The van der Waals surface area contributed by atoms with E-state index in [1.807, 2.05) is 107 Å². The molecule has 0 saturated carbocycles. The molecule has 1 unspecified atom stereocenters. The zero-order valence-electron chi connectivity index (χ0n) is 49.5. The summed E-state index contributed by atoms with van der Waals surface area (Å²) in [4.78, 5) is 10.1. The Morgan fingerprint density at radius 3 is 1.42 bits per heavy atom. The summed E-state index contributed by atoms with van der Waals surface area (Å²) >= 11 is 0. The molecule has 1 aliphatic rings. The highest BCUT2D eigenvalue weighted by molar-refractivity contribution is 5.93. The molecule has 8 rings (SSSR count). The zero-order valence-corrected chi connectivity index (χ0v) is 49.5. The molecule has 1 atom stereocenters. The van der Waals surface area contributed by atoms with Gasteiger partial charge in [0, 0.05) is 22.1 Å². The fraction of sp³-hybridized carbons (Fsp3) is 0.352. The first-order valence-electron chi connectivity index (χ1n) is 27.8. The standard InChI is InChI=1S/C49H40N2.C10H20.6C2H6/c1-5-16-43-47(41-26-13-12-17-33(41)2)42-28-27-39(31-44(42)49(43,3)4)37-23-14-22-36(29-37)38-24-15-25-40(30-38)46-32-45(34-18-8-6-9-19-34)50-48(51-46)35-20-10-7-11-21-35;1-6-7-8-9(2)10(3,4)5;6*1-2/h5-32H,1-4H3;7-9H,6H2,1-5H3;6*1-2H3/b16-5-;8-7-;;;;;;. The fourth-order valence-electron chi connectivity index (χ4n) is 8.10. The molecule has 0 amide bonds. The normalized spacial score (nSPS) is 12.1. The summed E-state index contributed by atoms with van der Waals surface area (Å²) in [5.74, 6) is 1.41. The molecule has 1 aromatic heterocycles. The molecule has 0 bridgehead atoms. The van der Waals surface area contributed by atoms with Crippen LogP contribution in [0.15, 0.2) is 188 Å². The lowest BCUT2D eigenvalue weighted by molar-refractivity contribution is 0.314. The van der Waals surface area contributed by atoms with E-state index in [4.69, 9.17) is 9.97 Å². The van der Waals surface area contributed by atoms with Crippen molar-refractivity contribution in [2.75, 3.05) is 0 Å². The lowest BCUT2D eigenvalue weighted by Crippen LogP contribution is -2.16. The molecule has 1 aliphatic carbocycles. The van der Waals surface area contributed by atoms with E-state index in [1.54, 1.807) is 0 Å². The van der Waals surface area contributed by atoms with Crippen LogP contribution in [0.25, 0.3) is 61.7 Å². The number of hydrogen-bond donors (Lipinski definition) is 0. The average Bonchev–Trinajstić information content (AvgIpc) is 3.67. The van der Waals surface area contributed by atoms with Gasteiger partial charge in [0.25, 0.3) is 0 Å². The van der Waals surface area contributed by atoms with Crippen molar-refractivity contribution in [1.29, 1.82) is 0 Å². The second-order valence-electron chi connectivity index (χ2n) is 17.8. The molecule has 0 saturated heterocycles. The SMILES string of the molecule is C/C=C\C1=C(c2ccccc2C)c2ccc(-c3cccc(-c4cccc(-c5cc(-c6ccccc6)nc(-c6ccccc6)n5)c4)c3)cc2C1(C)C.CC.CC.CC.CC.CC.CC.CC/C=C\C(C)C(C)(C)C. The molecular formula is C71H96N2. The summed E-state index contributed by atoms with van der Waals surface area (Å²) in [7, 11) is 0. The van der Waals surface area contributed by atoms with Crippen LogP contribution in [0.3, 0.4) is 0 Å². The van der Waals surface area contributed by atoms with Crippen LogP contribution in [0.2, 0.25) is 0 Å². The van der Waals surface area contributed by atoms with Gasteiger partial charge in [-0.1, -0.05) is 289 Å². The summed E-state index contributed by atoms with van der Waals surface area (Å²) in [6.45, 7) is 44.3. The molecule has 2 nitrogen and oxygen atoms in total. The van der Waals surface area contributed by atoms with E-state index in [0.29, 0.717) is 11.3 Å². The molecule has 73 heavy (non-hydrogen) atoms. The smallest absolute Gasteiger partial charge is 0.160 e. The predicted molar refractivity (Wildman–Crippen MR) is 330 cm³/mol. The lowest BCUT2D eigenvalue weighted by atomic mass is 9.80. The van der Waals surface area contributed by atoms with E-state index in [0.717, 1.165) is 45.9 Å². The quantitative estimate of drug-likeness (QED) is 0.135. The van der Waals surface area contributed by atoms with Gasteiger partial charge in [0.2, 0.25) is 0 Å². The van der Waals surface area contributed by atoms with Gasteiger partial charge in [-0.05, 0) is 112 Å². The molecule has 7 aromatic rings. The van der Waals surface area contributed by atoms with Gasteiger partial charge in [-0.2, -0.15) is 0 Å². The fourth-order valence-corrected chi connectivity index (χ4v) is 8.10. The van der Waals surface area contributed by atoms with Gasteiger partial charge >= 0.3 is 0 Å². The van der Waals surface area contributed by atoms with Crippen LogP contribution in [0, 0.1) is 18.3 Å². The first-order chi connectivity index (χ1) is 35.4. The van der Waals surface area contributed by atoms with E-state index < -0.39 is 0 Å². The number of aryl methyl sites for hydroxylation is 1. The maximum absolute atomic E-state index is 5.08. The minimum absolute atomic E-state index is 0.129. The van der Waals surface area contributed by atoms with Crippen LogP contribution >= 0.6 is 0 Å². The van der Waals surface area contributed by atoms with Crippen molar-refractivity contribution in [3.8, 4) is 56.2 Å². The molecule has 0 spiro atoms. The van der Waals surface area contributed by atoms with E-state index in [2.05, 4.69) is 220 Å². The Balaban J connectivity index is 0.00000105. The van der Waals surface area contributed by atoms with Crippen LogP contribution < -0.4 is 0 Å². The third-order valence-corrected chi connectivity index (χ3v) is 12.2. The third-order valence-electron chi connectivity index (χ3n) is 12.2. The highest BCUT2D eigenvalue weighted by Crippen LogP contribution is 2.51. The first-order valence-corrected chi connectivity index (χ1v) is 27.8. The van der Waals surface area contributed by atoms with Crippen LogP contribution in [-0.4, -0.2) is 9.97 Å². The zero-order chi connectivity index (χ0) is 55.1. The number of aromatic nitrogens is 2. The van der Waals surface area contributed by atoms with E-state index in [1.165, 1.54) is 50.1 Å². The third kappa shape index (κ3) is 17.7. The van der Waals surface area contributed by atoms with Gasteiger partial charge in [-0.25, -0.2) is 9.97 Å². The minimum atomic E-state index is -0.129. The number of allylic oxidation sites excluding steroid dienone is 5. The maximum Gasteiger partial charge on any atom is 0.160 e. The van der Waals surface area contributed by atoms with Gasteiger partial charge in [-0.3, -0.25) is 0 Å². The summed E-state index contributed by atoms with van der Waals surface area (Å²) < 4.78 is 0. The van der Waals surface area contributed by atoms with Gasteiger partial charge in [0.1, 0.15) is 0 Å². The van der Waals surface area contributed by atoms with Gasteiger partial charge < -0.3 is 0 Å². The summed E-state index contributed by atoms with van der Waals surface area (Å²) in [5, 5.41) is 0. The summed E-state index contributed by atoms with van der Waals surface area (Å²) in [6, 6.07) is 56.1. The molecule has 1 heterocycles. The number of benzene rings is 6. The molecular weight excluding hydrogens is 881 g/mol. The van der Waals surface area contributed by atoms with E-state index >= 15 is 0 Å². The van der Waals surface area contributed by atoms with Gasteiger partial charge in [0.05, 0.1) is 11.4 Å². The lowest BCUT2D eigenvalue weighted by Gasteiger charge is -2.24. The number of fused-ring (bicyclic) bond motifs is 1. The molecule has 0 aliphatic heterocycles. The van der Waals surface area contributed by atoms with Crippen LogP contribution in [0.4, 0.5) is 0 Å². The average molecular weight is 978 g/mol. The first kappa shape index (κ1) is 64.6. The number of rotatable bonds is 9. The van der Waals surface area contributed by atoms with Crippen molar-refractivity contribution in [1.82, 2.24) is 9.97 Å². The van der Waals surface area contributed by atoms with Crippen LogP contribution in [-0.2, 0) is 5.41 Å². The molecule has 0 fully saturated rings. The predicted octanol–water partition coefficient (Wildman–Crippen LogP) is 22.6. The van der Waals surface area contributed by atoms with Crippen LogP contribution in [0.5, 0.6) is 0 Å². The Kier molecular flexibility index (Phi) is 30.2. The number of nitrogens with zero attached hydrogens (tertiary/aromatic N) is 2. The van der Waals surface area contributed by atoms with Crippen molar-refractivity contribution < 1.29 is 0 Å². The largest absolute Gasteiger partial charge is 0.228 e. The molecule has 6 aromatic carbocycles. The van der Waals surface area contributed by atoms with Crippen molar-refractivity contribution in [3.05, 3.63) is 210 Å². The van der Waals surface area contributed by atoms with Gasteiger partial charge in [0.15, 0.2) is 5.82 Å². The highest BCUT2D eigenvalue weighted by Gasteiger charge is 2.37. The Morgan fingerprint density at radius 1 is 0.493 bits per heavy atom. The van der Waals surface area contributed by atoms with E-state index in [-0.39, 0.29) is 5.41 Å². The molecule has 390 valence electrons. The Labute approximate surface area is 447 Å².